The molecule has 0 aromatic heterocycles. The predicted octanol–water partition coefficient (Wildman–Crippen LogP) is 3.19. The summed E-state index contributed by atoms with van der Waals surface area (Å²) in [6, 6.07) is 5.73. The number of methoxy groups -OCH3 is 1. The van der Waals surface area contributed by atoms with E-state index in [-0.39, 0.29) is 18.3 Å². The molecular weight excluding hydrogens is 410 g/mol. The predicted molar refractivity (Wildman–Crippen MR) is 98.2 cm³/mol. The van der Waals surface area contributed by atoms with E-state index in [1.807, 2.05) is 24.1 Å². The van der Waals surface area contributed by atoms with Gasteiger partial charge in [-0.25, -0.2) is 4.39 Å². The van der Waals surface area contributed by atoms with Crippen molar-refractivity contribution in [3.8, 4) is 0 Å². The van der Waals surface area contributed by atoms with Gasteiger partial charge in [-0.2, -0.15) is 0 Å². The van der Waals surface area contributed by atoms with Crippen molar-refractivity contribution < 1.29 is 13.9 Å². The van der Waals surface area contributed by atoms with Gasteiger partial charge in [0, 0.05) is 23.2 Å². The first-order valence-corrected chi connectivity index (χ1v) is 9.04. The molecule has 1 N–H and O–H groups in total. The van der Waals surface area contributed by atoms with E-state index in [2.05, 4.69) is 32.6 Å². The molecular formula is C17H24FIN2O2. The van der Waals surface area contributed by atoms with E-state index in [0.717, 1.165) is 35.8 Å². The Labute approximate surface area is 150 Å². The van der Waals surface area contributed by atoms with Crippen molar-refractivity contribution in [2.24, 2.45) is 5.92 Å². The highest BCUT2D eigenvalue weighted by Crippen LogP contribution is 2.27. The van der Waals surface area contributed by atoms with Crippen LogP contribution in [0.4, 0.5) is 10.1 Å². The molecule has 0 atom stereocenters. The van der Waals surface area contributed by atoms with Crippen LogP contribution in [0.25, 0.3) is 0 Å². The summed E-state index contributed by atoms with van der Waals surface area (Å²) in [5.74, 6) is 0.184. The summed E-state index contributed by atoms with van der Waals surface area (Å²) in [6.45, 7) is 1.14. The lowest BCUT2D eigenvalue weighted by Crippen LogP contribution is -2.38. The molecule has 0 aliphatic heterocycles. The Kier molecular flexibility index (Phi) is 7.08. The van der Waals surface area contributed by atoms with Crippen molar-refractivity contribution in [2.75, 3.05) is 32.1 Å². The Hall–Kier alpha value is -0.890. The largest absolute Gasteiger partial charge is 0.468 e. The molecule has 0 saturated heterocycles. The Morgan fingerprint density at radius 1 is 1.39 bits per heavy atom. The molecule has 0 radical (unpaired) electrons. The second-order valence-electron chi connectivity index (χ2n) is 6.15. The average Bonchev–Trinajstić information content (AvgIpc) is 2.53. The van der Waals surface area contributed by atoms with Gasteiger partial charge in [-0.15, -0.1) is 0 Å². The van der Waals surface area contributed by atoms with Crippen molar-refractivity contribution in [2.45, 2.75) is 31.7 Å². The van der Waals surface area contributed by atoms with E-state index >= 15 is 0 Å². The quantitative estimate of drug-likeness (QED) is 0.552. The minimum absolute atomic E-state index is 0.159. The monoisotopic (exact) mass is 434 g/mol. The van der Waals surface area contributed by atoms with E-state index < -0.39 is 0 Å². The number of ether oxygens (including phenoxy) is 1. The molecule has 0 bridgehead atoms. The van der Waals surface area contributed by atoms with Crippen LogP contribution in [-0.2, 0) is 9.53 Å². The van der Waals surface area contributed by atoms with Crippen LogP contribution in [-0.4, -0.2) is 39.3 Å². The van der Waals surface area contributed by atoms with Crippen LogP contribution in [0.3, 0.4) is 0 Å². The molecule has 4 nitrogen and oxygen atoms in total. The fourth-order valence-electron chi connectivity index (χ4n) is 3.13. The van der Waals surface area contributed by atoms with Crippen molar-refractivity contribution in [1.82, 2.24) is 5.32 Å². The first-order chi connectivity index (χ1) is 11.0. The second kappa shape index (κ2) is 8.82. The topological polar surface area (TPSA) is 41.6 Å². The average molecular weight is 434 g/mol. The second-order valence-corrected chi connectivity index (χ2v) is 7.40. The standard InChI is InChI=1S/C17H24FIN2O2/c1-21(16-8-5-13(19)9-15(16)18)11-12-3-6-14(7-4-12)20-10-17(22)23-2/h5,8-9,12,14,20H,3-4,6-7,10-11H2,1-2H3/t12-,14+. The normalized spacial score (nSPS) is 21.0. The zero-order valence-electron chi connectivity index (χ0n) is 13.6. The SMILES string of the molecule is COC(=O)CN[C@H]1CC[C@@H](CN(C)c2ccc(I)cc2F)CC1. The maximum Gasteiger partial charge on any atom is 0.319 e. The highest BCUT2D eigenvalue weighted by Gasteiger charge is 2.23. The van der Waals surface area contributed by atoms with Gasteiger partial charge >= 0.3 is 5.97 Å². The van der Waals surface area contributed by atoms with Crippen LogP contribution in [0.5, 0.6) is 0 Å². The van der Waals surface area contributed by atoms with Crippen LogP contribution >= 0.6 is 22.6 Å². The Bertz CT molecular complexity index is 533. The molecule has 23 heavy (non-hydrogen) atoms. The highest BCUT2D eigenvalue weighted by molar-refractivity contribution is 14.1. The van der Waals surface area contributed by atoms with E-state index in [0.29, 0.717) is 17.6 Å². The Balaban J connectivity index is 1.78. The fraction of sp³-hybridized carbons (Fsp3) is 0.588. The molecule has 128 valence electrons. The lowest BCUT2D eigenvalue weighted by atomic mass is 9.85. The van der Waals surface area contributed by atoms with Crippen LogP contribution in [0, 0.1) is 15.3 Å². The Morgan fingerprint density at radius 3 is 2.70 bits per heavy atom. The molecule has 1 aliphatic rings. The molecule has 1 saturated carbocycles. The van der Waals surface area contributed by atoms with Crippen LogP contribution in [0.15, 0.2) is 18.2 Å². The van der Waals surface area contributed by atoms with Crippen molar-refractivity contribution in [3.63, 3.8) is 0 Å². The molecule has 0 amide bonds. The smallest absolute Gasteiger partial charge is 0.319 e. The first kappa shape index (κ1) is 18.4. The molecule has 1 fully saturated rings. The van der Waals surface area contributed by atoms with Crippen LogP contribution < -0.4 is 10.2 Å². The molecule has 1 aliphatic carbocycles. The van der Waals surface area contributed by atoms with Crippen molar-refractivity contribution in [1.29, 1.82) is 0 Å². The first-order valence-electron chi connectivity index (χ1n) is 7.96. The third-order valence-electron chi connectivity index (χ3n) is 4.46. The van der Waals surface area contributed by atoms with Gasteiger partial charge in [0.15, 0.2) is 0 Å². The summed E-state index contributed by atoms with van der Waals surface area (Å²) < 4.78 is 19.6. The molecule has 2 rings (SSSR count). The third kappa shape index (κ3) is 5.60. The van der Waals surface area contributed by atoms with Gasteiger partial charge in [0.25, 0.3) is 0 Å². The molecule has 0 heterocycles. The lowest BCUT2D eigenvalue weighted by molar-refractivity contribution is -0.139. The minimum atomic E-state index is -0.221. The number of carbonyl (C=O) groups is 1. The number of halogens is 2. The van der Waals surface area contributed by atoms with Crippen molar-refractivity contribution >= 4 is 34.2 Å². The number of carbonyl (C=O) groups excluding carboxylic acids is 1. The number of rotatable bonds is 6. The fourth-order valence-corrected chi connectivity index (χ4v) is 3.58. The number of benzene rings is 1. The Morgan fingerprint density at radius 2 is 2.09 bits per heavy atom. The molecule has 1 aromatic carbocycles. The lowest BCUT2D eigenvalue weighted by Gasteiger charge is -2.32. The van der Waals surface area contributed by atoms with E-state index in [1.54, 1.807) is 6.07 Å². The summed E-state index contributed by atoms with van der Waals surface area (Å²) in [5, 5.41) is 3.24. The zero-order chi connectivity index (χ0) is 16.8. The van der Waals surface area contributed by atoms with Gasteiger partial charge in [0.2, 0.25) is 0 Å². The number of nitrogens with one attached hydrogen (secondary N) is 1. The third-order valence-corrected chi connectivity index (χ3v) is 5.13. The summed E-state index contributed by atoms with van der Waals surface area (Å²) in [4.78, 5) is 13.2. The summed E-state index contributed by atoms with van der Waals surface area (Å²) >= 11 is 2.12. The summed E-state index contributed by atoms with van der Waals surface area (Å²) in [6.07, 6.45) is 4.28. The van der Waals surface area contributed by atoms with Gasteiger partial charge in [-0.3, -0.25) is 4.79 Å². The number of anilines is 1. The molecule has 6 heteroatoms. The maximum atomic E-state index is 14.0. The highest BCUT2D eigenvalue weighted by atomic mass is 127. The van der Waals surface area contributed by atoms with Gasteiger partial charge in [0.1, 0.15) is 5.82 Å². The van der Waals surface area contributed by atoms with Gasteiger partial charge in [-0.05, 0) is 72.4 Å². The number of hydrogen-bond acceptors (Lipinski definition) is 4. The molecule has 1 aromatic rings. The molecule has 0 unspecified atom stereocenters. The number of hydrogen-bond donors (Lipinski definition) is 1. The number of esters is 1. The van der Waals surface area contributed by atoms with Gasteiger partial charge < -0.3 is 15.0 Å². The van der Waals surface area contributed by atoms with Crippen LogP contribution in [0.2, 0.25) is 0 Å². The van der Waals surface area contributed by atoms with E-state index in [9.17, 15) is 9.18 Å². The van der Waals surface area contributed by atoms with Gasteiger partial charge in [0.05, 0.1) is 19.3 Å². The van der Waals surface area contributed by atoms with E-state index in [4.69, 9.17) is 0 Å². The summed E-state index contributed by atoms with van der Waals surface area (Å²) in [5.41, 5.74) is 0.663. The van der Waals surface area contributed by atoms with Gasteiger partial charge in [-0.1, -0.05) is 0 Å². The maximum absolute atomic E-state index is 14.0. The zero-order valence-corrected chi connectivity index (χ0v) is 15.8. The minimum Gasteiger partial charge on any atom is -0.468 e. The van der Waals surface area contributed by atoms with Crippen LogP contribution in [0.1, 0.15) is 25.7 Å². The summed E-state index contributed by atoms with van der Waals surface area (Å²) in [7, 11) is 3.35. The molecule has 0 spiro atoms. The van der Waals surface area contributed by atoms with Crippen molar-refractivity contribution in [3.05, 3.63) is 27.6 Å². The van der Waals surface area contributed by atoms with E-state index in [1.165, 1.54) is 7.11 Å². The number of nitrogens with zero attached hydrogens (tertiary/aromatic N) is 1.